The molecular formula is C15H20F3IN6. The van der Waals surface area contributed by atoms with Gasteiger partial charge in [-0.2, -0.15) is 13.2 Å². The third kappa shape index (κ3) is 7.71. The van der Waals surface area contributed by atoms with Crippen LogP contribution in [0.2, 0.25) is 0 Å². The van der Waals surface area contributed by atoms with Crippen molar-refractivity contribution in [2.75, 3.05) is 13.1 Å². The Balaban J connectivity index is 0.00000312. The molecule has 10 heteroatoms. The maximum absolute atomic E-state index is 12.2. The van der Waals surface area contributed by atoms with Crippen LogP contribution >= 0.6 is 24.0 Å². The van der Waals surface area contributed by atoms with Crippen molar-refractivity contribution >= 4 is 29.9 Å². The van der Waals surface area contributed by atoms with Crippen molar-refractivity contribution in [2.45, 2.75) is 26.1 Å². The van der Waals surface area contributed by atoms with Gasteiger partial charge >= 0.3 is 6.18 Å². The Hall–Kier alpha value is -1.85. The fourth-order valence-electron chi connectivity index (χ4n) is 1.89. The van der Waals surface area contributed by atoms with Crippen molar-refractivity contribution < 1.29 is 13.2 Å². The van der Waals surface area contributed by atoms with Crippen LogP contribution in [0.4, 0.5) is 13.2 Å². The number of pyridine rings is 1. The van der Waals surface area contributed by atoms with Crippen LogP contribution in [0.1, 0.15) is 18.9 Å². The molecule has 2 rings (SSSR count). The van der Waals surface area contributed by atoms with Gasteiger partial charge in [-0.25, -0.2) is 15.0 Å². The summed E-state index contributed by atoms with van der Waals surface area (Å²) in [4.78, 5) is 12.5. The highest BCUT2D eigenvalue weighted by molar-refractivity contribution is 14.0. The first-order chi connectivity index (χ1) is 11.5. The van der Waals surface area contributed by atoms with E-state index in [1.807, 2.05) is 19.1 Å². The molecule has 0 aliphatic heterocycles. The number of rotatable bonds is 6. The molecule has 0 radical (unpaired) electrons. The van der Waals surface area contributed by atoms with Gasteiger partial charge in [-0.15, -0.1) is 24.0 Å². The highest BCUT2D eigenvalue weighted by Gasteiger charge is 2.26. The summed E-state index contributed by atoms with van der Waals surface area (Å²) in [6.07, 6.45) is 1.69. The second kappa shape index (κ2) is 10.2. The molecule has 0 fully saturated rings. The molecule has 2 heterocycles. The highest BCUT2D eigenvalue weighted by Crippen LogP contribution is 2.18. The van der Waals surface area contributed by atoms with Crippen LogP contribution in [-0.2, 0) is 6.54 Å². The quantitative estimate of drug-likeness (QED) is 0.389. The lowest BCUT2D eigenvalue weighted by Gasteiger charge is -2.12. The van der Waals surface area contributed by atoms with E-state index in [-0.39, 0.29) is 30.5 Å². The summed E-state index contributed by atoms with van der Waals surface area (Å²) in [5.74, 6) is 1.08. The molecule has 2 N–H and O–H groups in total. The number of aromatic nitrogens is 3. The molecule has 0 atom stereocenters. The number of guanidine groups is 1. The van der Waals surface area contributed by atoms with Crippen LogP contribution in [0.15, 0.2) is 42.0 Å². The Morgan fingerprint density at radius 1 is 1.28 bits per heavy atom. The van der Waals surface area contributed by atoms with Gasteiger partial charge in [-0.1, -0.05) is 6.07 Å². The molecule has 25 heavy (non-hydrogen) atoms. The van der Waals surface area contributed by atoms with Crippen LogP contribution in [-0.4, -0.2) is 39.8 Å². The fourth-order valence-corrected chi connectivity index (χ4v) is 1.89. The fraction of sp³-hybridized carbons (Fsp3) is 0.400. The molecule has 0 aromatic carbocycles. The van der Waals surface area contributed by atoms with Crippen molar-refractivity contribution in [2.24, 2.45) is 4.99 Å². The van der Waals surface area contributed by atoms with E-state index in [0.717, 1.165) is 11.4 Å². The lowest BCUT2D eigenvalue weighted by atomic mass is 10.3. The first-order valence-electron chi connectivity index (χ1n) is 7.50. The van der Waals surface area contributed by atoms with Gasteiger partial charge in [0.25, 0.3) is 0 Å². The summed E-state index contributed by atoms with van der Waals surface area (Å²) in [6, 6.07) is 3.70. The van der Waals surface area contributed by atoms with E-state index in [2.05, 4.69) is 25.6 Å². The van der Waals surface area contributed by atoms with Gasteiger partial charge in [0, 0.05) is 31.7 Å². The molecule has 0 aliphatic carbocycles. The standard InChI is InChI=1S/C15H19F3N6.HI/c1-2-20-14(21-6-5-15(16,17)18)23-10-12-3-4-13(22-9-12)24-8-7-19-11-24;/h3-4,7-9,11H,2,5-6,10H2,1H3,(H2,20,21,23);1H. The van der Waals surface area contributed by atoms with Crippen LogP contribution < -0.4 is 10.6 Å². The Labute approximate surface area is 161 Å². The number of halogens is 4. The lowest BCUT2D eigenvalue weighted by molar-refractivity contribution is -0.132. The van der Waals surface area contributed by atoms with E-state index in [1.165, 1.54) is 0 Å². The zero-order chi connectivity index (χ0) is 17.4. The smallest absolute Gasteiger partial charge is 0.357 e. The Bertz CT molecular complexity index is 640. The van der Waals surface area contributed by atoms with Crippen LogP contribution in [0.25, 0.3) is 5.82 Å². The molecule has 0 unspecified atom stereocenters. The summed E-state index contributed by atoms with van der Waals surface area (Å²) in [5, 5.41) is 5.58. The zero-order valence-corrected chi connectivity index (χ0v) is 16.0. The van der Waals surface area contributed by atoms with Crippen molar-refractivity contribution in [3.8, 4) is 5.82 Å². The third-order valence-corrected chi connectivity index (χ3v) is 3.04. The summed E-state index contributed by atoms with van der Waals surface area (Å²) >= 11 is 0. The first kappa shape index (κ1) is 21.2. The number of nitrogens with zero attached hydrogens (tertiary/aromatic N) is 4. The normalized spacial score (nSPS) is 11.8. The van der Waals surface area contributed by atoms with Gasteiger partial charge in [0.05, 0.1) is 13.0 Å². The summed E-state index contributed by atoms with van der Waals surface area (Å²) in [5.41, 5.74) is 0.854. The van der Waals surface area contributed by atoms with Gasteiger partial charge in [0.1, 0.15) is 12.1 Å². The van der Waals surface area contributed by atoms with E-state index in [1.54, 1.807) is 29.5 Å². The molecule has 0 spiro atoms. The topological polar surface area (TPSA) is 67.1 Å². The number of aliphatic imine (C=N–C) groups is 1. The summed E-state index contributed by atoms with van der Waals surface area (Å²) in [7, 11) is 0. The maximum Gasteiger partial charge on any atom is 0.390 e. The van der Waals surface area contributed by atoms with Crippen molar-refractivity contribution in [1.82, 2.24) is 25.2 Å². The average Bonchev–Trinajstić information content (AvgIpc) is 3.06. The van der Waals surface area contributed by atoms with E-state index in [9.17, 15) is 13.2 Å². The van der Waals surface area contributed by atoms with Crippen LogP contribution in [0, 0.1) is 0 Å². The molecule has 0 amide bonds. The Morgan fingerprint density at radius 3 is 2.64 bits per heavy atom. The molecule has 6 nitrogen and oxygen atoms in total. The second-order valence-electron chi connectivity index (χ2n) is 4.98. The predicted octanol–water partition coefficient (Wildman–Crippen LogP) is 2.89. The first-order valence-corrected chi connectivity index (χ1v) is 7.50. The van der Waals surface area contributed by atoms with E-state index in [4.69, 9.17) is 0 Å². The predicted molar refractivity (Wildman–Crippen MR) is 100 cm³/mol. The van der Waals surface area contributed by atoms with Gasteiger partial charge in [0.15, 0.2) is 5.96 Å². The minimum absolute atomic E-state index is 0. The molecule has 0 saturated carbocycles. The minimum Gasteiger partial charge on any atom is -0.357 e. The van der Waals surface area contributed by atoms with Gasteiger partial charge in [-0.05, 0) is 18.6 Å². The zero-order valence-electron chi connectivity index (χ0n) is 13.6. The monoisotopic (exact) mass is 468 g/mol. The van der Waals surface area contributed by atoms with Crippen molar-refractivity contribution in [3.05, 3.63) is 42.6 Å². The average molecular weight is 468 g/mol. The van der Waals surface area contributed by atoms with Gasteiger partial charge in [0.2, 0.25) is 0 Å². The molecule has 2 aromatic heterocycles. The summed E-state index contributed by atoms with van der Waals surface area (Å²) < 4.78 is 38.3. The van der Waals surface area contributed by atoms with E-state index >= 15 is 0 Å². The van der Waals surface area contributed by atoms with Crippen molar-refractivity contribution in [1.29, 1.82) is 0 Å². The number of imidazole rings is 1. The van der Waals surface area contributed by atoms with Crippen molar-refractivity contribution in [3.63, 3.8) is 0 Å². The molecule has 0 saturated heterocycles. The number of hydrogen-bond acceptors (Lipinski definition) is 3. The number of hydrogen-bond donors (Lipinski definition) is 2. The molecular weight excluding hydrogens is 448 g/mol. The van der Waals surface area contributed by atoms with Gasteiger partial charge < -0.3 is 10.6 Å². The highest BCUT2D eigenvalue weighted by atomic mass is 127. The maximum atomic E-state index is 12.2. The number of alkyl halides is 3. The molecule has 138 valence electrons. The Kier molecular flexibility index (Phi) is 8.66. The second-order valence-corrected chi connectivity index (χ2v) is 4.98. The molecule has 2 aromatic rings. The van der Waals surface area contributed by atoms with Gasteiger partial charge in [-0.3, -0.25) is 4.57 Å². The van der Waals surface area contributed by atoms with E-state index < -0.39 is 12.6 Å². The summed E-state index contributed by atoms with van der Waals surface area (Å²) in [6.45, 7) is 2.52. The molecule has 0 bridgehead atoms. The largest absolute Gasteiger partial charge is 0.390 e. The minimum atomic E-state index is -4.18. The van der Waals surface area contributed by atoms with Crippen LogP contribution in [0.5, 0.6) is 0 Å². The lowest BCUT2D eigenvalue weighted by Crippen LogP contribution is -2.38. The Morgan fingerprint density at radius 2 is 2.08 bits per heavy atom. The molecule has 0 aliphatic rings. The van der Waals surface area contributed by atoms with Crippen LogP contribution in [0.3, 0.4) is 0 Å². The SMILES string of the molecule is CCNC(=NCc1ccc(-n2ccnc2)nc1)NCCC(F)(F)F.I. The van der Waals surface area contributed by atoms with E-state index in [0.29, 0.717) is 19.0 Å². The number of nitrogens with one attached hydrogen (secondary N) is 2. The third-order valence-electron chi connectivity index (χ3n) is 3.04.